The van der Waals surface area contributed by atoms with Crippen molar-refractivity contribution in [3.8, 4) is 0 Å². The molecule has 2 unspecified atom stereocenters. The zero-order valence-electron chi connectivity index (χ0n) is 18.4. The number of ether oxygens (including phenoxy) is 1. The van der Waals surface area contributed by atoms with E-state index in [1.54, 1.807) is 0 Å². The molecule has 0 radical (unpaired) electrons. The lowest BCUT2D eigenvalue weighted by Gasteiger charge is -2.53. The minimum absolute atomic E-state index is 0.511. The molecule has 0 N–H and O–H groups in total. The van der Waals surface area contributed by atoms with Crippen LogP contribution < -0.4 is 0 Å². The van der Waals surface area contributed by atoms with Gasteiger partial charge in [0.1, 0.15) is 0 Å². The fraction of sp³-hybridized carbons (Fsp3) is 1.00. The van der Waals surface area contributed by atoms with Crippen LogP contribution in [0.5, 0.6) is 0 Å². The molecular formula is C24H47NO. The lowest BCUT2D eigenvalue weighted by molar-refractivity contribution is -0.0252. The van der Waals surface area contributed by atoms with Gasteiger partial charge in [-0.25, -0.2) is 0 Å². The summed E-state index contributed by atoms with van der Waals surface area (Å²) in [6.07, 6.45) is 17.0. The Morgan fingerprint density at radius 3 is 2.35 bits per heavy atom. The van der Waals surface area contributed by atoms with Crippen molar-refractivity contribution in [2.24, 2.45) is 17.3 Å². The van der Waals surface area contributed by atoms with E-state index in [0.717, 1.165) is 23.9 Å². The monoisotopic (exact) mass is 365 g/mol. The van der Waals surface area contributed by atoms with Gasteiger partial charge in [-0.15, -0.1) is 0 Å². The summed E-state index contributed by atoms with van der Waals surface area (Å²) in [4.78, 5) is 2.76. The number of hydrogen-bond acceptors (Lipinski definition) is 2. The molecule has 2 heteroatoms. The quantitative estimate of drug-likeness (QED) is 0.337. The third-order valence-corrected chi connectivity index (χ3v) is 7.16. The molecule has 0 aromatic rings. The number of nitrogens with zero attached hydrogens (tertiary/aromatic N) is 1. The van der Waals surface area contributed by atoms with E-state index in [1.807, 2.05) is 0 Å². The predicted molar refractivity (Wildman–Crippen MR) is 114 cm³/mol. The summed E-state index contributed by atoms with van der Waals surface area (Å²) in [5, 5.41) is 0. The van der Waals surface area contributed by atoms with E-state index >= 15 is 0 Å². The van der Waals surface area contributed by atoms with Crippen LogP contribution in [-0.2, 0) is 4.74 Å². The van der Waals surface area contributed by atoms with Gasteiger partial charge in [0.15, 0.2) is 0 Å². The number of rotatable bonds is 13. The summed E-state index contributed by atoms with van der Waals surface area (Å²) >= 11 is 0. The molecule has 26 heavy (non-hydrogen) atoms. The van der Waals surface area contributed by atoms with Crippen LogP contribution in [0.3, 0.4) is 0 Å². The molecule has 1 aliphatic carbocycles. The van der Waals surface area contributed by atoms with Crippen molar-refractivity contribution >= 4 is 0 Å². The molecule has 0 bridgehead atoms. The van der Waals surface area contributed by atoms with Crippen LogP contribution in [0.4, 0.5) is 0 Å². The van der Waals surface area contributed by atoms with Gasteiger partial charge >= 0.3 is 0 Å². The number of hydrogen-bond donors (Lipinski definition) is 0. The van der Waals surface area contributed by atoms with Gasteiger partial charge in [-0.05, 0) is 88.1 Å². The average Bonchev–Trinajstić information content (AvgIpc) is 2.62. The first kappa shape index (κ1) is 22.2. The SMILES string of the molecule is CCCCC(C)CN1CCC2(CC1)CC(CCCOC(CC)CCC)C2. The standard InChI is InChI=1S/C24H47NO/c1-5-8-11-21(4)20-25-15-13-24(14-16-25)18-22(19-24)12-9-17-26-23(7-3)10-6-2/h21-23H,5-20H2,1-4H3. The van der Waals surface area contributed by atoms with E-state index in [2.05, 4.69) is 32.6 Å². The van der Waals surface area contributed by atoms with E-state index in [4.69, 9.17) is 4.74 Å². The maximum atomic E-state index is 6.06. The van der Waals surface area contributed by atoms with Gasteiger partial charge in [0.2, 0.25) is 0 Å². The largest absolute Gasteiger partial charge is 0.378 e. The Bertz CT molecular complexity index is 353. The Labute approximate surface area is 164 Å². The van der Waals surface area contributed by atoms with E-state index in [-0.39, 0.29) is 0 Å². The Balaban J connectivity index is 1.53. The minimum Gasteiger partial charge on any atom is -0.378 e. The minimum atomic E-state index is 0.511. The highest BCUT2D eigenvalue weighted by molar-refractivity contribution is 4.97. The fourth-order valence-corrected chi connectivity index (χ4v) is 5.42. The Morgan fingerprint density at radius 1 is 1.00 bits per heavy atom. The van der Waals surface area contributed by atoms with E-state index in [0.29, 0.717) is 6.10 Å². The zero-order valence-corrected chi connectivity index (χ0v) is 18.4. The second-order valence-electron chi connectivity index (χ2n) is 9.65. The first-order valence-electron chi connectivity index (χ1n) is 11.9. The molecule has 1 heterocycles. The van der Waals surface area contributed by atoms with Crippen molar-refractivity contribution in [1.82, 2.24) is 4.90 Å². The van der Waals surface area contributed by atoms with Gasteiger partial charge in [0.05, 0.1) is 6.10 Å². The van der Waals surface area contributed by atoms with Crippen LogP contribution in [-0.4, -0.2) is 37.2 Å². The molecular weight excluding hydrogens is 318 g/mol. The lowest BCUT2D eigenvalue weighted by atomic mass is 9.56. The first-order valence-corrected chi connectivity index (χ1v) is 11.9. The number of piperidine rings is 1. The van der Waals surface area contributed by atoms with Crippen LogP contribution in [0.15, 0.2) is 0 Å². The second-order valence-corrected chi connectivity index (χ2v) is 9.65. The van der Waals surface area contributed by atoms with Crippen LogP contribution in [0.25, 0.3) is 0 Å². The predicted octanol–water partition coefficient (Wildman–Crippen LogP) is 6.68. The third-order valence-electron chi connectivity index (χ3n) is 7.16. The van der Waals surface area contributed by atoms with Crippen molar-refractivity contribution in [1.29, 1.82) is 0 Å². The smallest absolute Gasteiger partial charge is 0.0572 e. The highest BCUT2D eigenvalue weighted by atomic mass is 16.5. The van der Waals surface area contributed by atoms with Crippen molar-refractivity contribution in [2.45, 2.75) is 111 Å². The van der Waals surface area contributed by atoms with Crippen LogP contribution in [0.2, 0.25) is 0 Å². The summed E-state index contributed by atoms with van der Waals surface area (Å²) in [5.74, 6) is 1.89. The van der Waals surface area contributed by atoms with Crippen molar-refractivity contribution < 1.29 is 4.74 Å². The van der Waals surface area contributed by atoms with Gasteiger partial charge in [-0.3, -0.25) is 0 Å². The average molecular weight is 366 g/mol. The molecule has 0 amide bonds. The molecule has 0 aromatic heterocycles. The molecule has 1 spiro atoms. The molecule has 2 fully saturated rings. The topological polar surface area (TPSA) is 12.5 Å². The second kappa shape index (κ2) is 11.7. The highest BCUT2D eigenvalue weighted by Gasteiger charge is 2.45. The molecule has 1 saturated heterocycles. The van der Waals surface area contributed by atoms with Gasteiger partial charge in [-0.1, -0.05) is 47.0 Å². The third kappa shape index (κ3) is 7.15. The number of likely N-dealkylation sites (tertiary alicyclic amines) is 1. The van der Waals surface area contributed by atoms with Crippen molar-refractivity contribution in [2.75, 3.05) is 26.2 Å². The zero-order chi connectivity index (χ0) is 18.8. The van der Waals surface area contributed by atoms with E-state index < -0.39 is 0 Å². The van der Waals surface area contributed by atoms with Crippen molar-refractivity contribution in [3.63, 3.8) is 0 Å². The molecule has 154 valence electrons. The van der Waals surface area contributed by atoms with Crippen LogP contribution in [0.1, 0.15) is 105 Å². The lowest BCUT2D eigenvalue weighted by Crippen LogP contribution is -2.47. The number of unbranched alkanes of at least 4 members (excludes halogenated alkanes) is 1. The maximum Gasteiger partial charge on any atom is 0.0572 e. The maximum absolute atomic E-state index is 6.06. The van der Waals surface area contributed by atoms with E-state index in [9.17, 15) is 0 Å². The Hall–Kier alpha value is -0.0800. The van der Waals surface area contributed by atoms with Crippen molar-refractivity contribution in [3.05, 3.63) is 0 Å². The van der Waals surface area contributed by atoms with E-state index in [1.165, 1.54) is 96.7 Å². The molecule has 1 saturated carbocycles. The molecule has 2 atom stereocenters. The summed E-state index contributed by atoms with van der Waals surface area (Å²) in [5.41, 5.74) is 0.739. The molecule has 2 aliphatic rings. The summed E-state index contributed by atoms with van der Waals surface area (Å²) in [7, 11) is 0. The highest BCUT2D eigenvalue weighted by Crippen LogP contribution is 2.54. The van der Waals surface area contributed by atoms with Gasteiger partial charge in [0.25, 0.3) is 0 Å². The van der Waals surface area contributed by atoms with Gasteiger partial charge < -0.3 is 9.64 Å². The summed E-state index contributed by atoms with van der Waals surface area (Å²) in [6.45, 7) is 14.3. The van der Waals surface area contributed by atoms with Crippen LogP contribution >= 0.6 is 0 Å². The Morgan fingerprint density at radius 2 is 1.73 bits per heavy atom. The first-order chi connectivity index (χ1) is 12.6. The summed E-state index contributed by atoms with van der Waals surface area (Å²) in [6, 6.07) is 0. The van der Waals surface area contributed by atoms with Gasteiger partial charge in [0, 0.05) is 13.2 Å². The molecule has 1 aliphatic heterocycles. The summed E-state index contributed by atoms with van der Waals surface area (Å²) < 4.78 is 6.06. The van der Waals surface area contributed by atoms with Crippen LogP contribution in [0, 0.1) is 17.3 Å². The molecule has 2 rings (SSSR count). The van der Waals surface area contributed by atoms with Gasteiger partial charge in [-0.2, -0.15) is 0 Å². The molecule has 0 aromatic carbocycles. The Kier molecular flexibility index (Phi) is 9.99. The molecule has 2 nitrogen and oxygen atoms in total. The normalized spacial score (nSPS) is 23.1. The fourth-order valence-electron chi connectivity index (χ4n) is 5.42.